The molecule has 1 aromatic rings. The van der Waals surface area contributed by atoms with Crippen LogP contribution in [0.15, 0.2) is 12.5 Å². The van der Waals surface area contributed by atoms with Gasteiger partial charge in [0.1, 0.15) is 12.4 Å². The number of hydrogen-bond acceptors (Lipinski definition) is 5. The Labute approximate surface area is 87.5 Å². The highest BCUT2D eigenvalue weighted by Gasteiger charge is 2.20. The van der Waals surface area contributed by atoms with E-state index in [1.54, 1.807) is 14.0 Å². The number of ether oxygens (including phenoxy) is 1. The lowest BCUT2D eigenvalue weighted by molar-refractivity contribution is -0.138. The monoisotopic (exact) mass is 211 g/mol. The second-order valence-electron chi connectivity index (χ2n) is 3.04. The van der Waals surface area contributed by atoms with E-state index in [2.05, 4.69) is 9.97 Å². The molecule has 0 fully saturated rings. The predicted molar refractivity (Wildman–Crippen MR) is 54.1 cm³/mol. The first kappa shape index (κ1) is 11.2. The molecule has 1 N–H and O–H groups in total. The van der Waals surface area contributed by atoms with Crippen molar-refractivity contribution < 1.29 is 14.6 Å². The first-order chi connectivity index (χ1) is 7.07. The van der Waals surface area contributed by atoms with Crippen molar-refractivity contribution >= 4 is 11.8 Å². The quantitative estimate of drug-likeness (QED) is 0.776. The van der Waals surface area contributed by atoms with Gasteiger partial charge in [-0.05, 0) is 6.92 Å². The van der Waals surface area contributed by atoms with E-state index in [1.807, 2.05) is 0 Å². The van der Waals surface area contributed by atoms with E-state index in [9.17, 15) is 4.79 Å². The lowest BCUT2D eigenvalue weighted by atomic mass is 10.3. The van der Waals surface area contributed by atoms with Crippen LogP contribution in [0.1, 0.15) is 6.92 Å². The van der Waals surface area contributed by atoms with E-state index >= 15 is 0 Å². The van der Waals surface area contributed by atoms with Crippen molar-refractivity contribution in [2.45, 2.75) is 13.0 Å². The van der Waals surface area contributed by atoms with Gasteiger partial charge in [-0.3, -0.25) is 0 Å². The number of carboxylic acid groups (broad SMARTS) is 1. The Bertz CT molecular complexity index is 356. The van der Waals surface area contributed by atoms with Crippen LogP contribution in [-0.2, 0) is 4.79 Å². The van der Waals surface area contributed by atoms with Crippen molar-refractivity contribution in [2.24, 2.45) is 0 Å². The average Bonchev–Trinajstić information content (AvgIpc) is 2.26. The maximum atomic E-state index is 10.8. The highest BCUT2D eigenvalue weighted by Crippen LogP contribution is 2.23. The number of methoxy groups -OCH3 is 1. The third-order valence-corrected chi connectivity index (χ3v) is 2.15. The Morgan fingerprint density at radius 3 is 2.87 bits per heavy atom. The molecular weight excluding hydrogens is 198 g/mol. The maximum Gasteiger partial charge on any atom is 0.326 e. The fraction of sp³-hybridized carbons (Fsp3) is 0.444. The summed E-state index contributed by atoms with van der Waals surface area (Å²) >= 11 is 0. The zero-order valence-electron chi connectivity index (χ0n) is 8.84. The fourth-order valence-corrected chi connectivity index (χ4v) is 1.07. The van der Waals surface area contributed by atoms with E-state index in [-0.39, 0.29) is 0 Å². The Balaban J connectivity index is 2.99. The average molecular weight is 211 g/mol. The molecule has 0 aliphatic carbocycles. The summed E-state index contributed by atoms with van der Waals surface area (Å²) in [5, 5.41) is 8.85. The van der Waals surface area contributed by atoms with Gasteiger partial charge >= 0.3 is 5.97 Å². The van der Waals surface area contributed by atoms with Gasteiger partial charge in [0.15, 0.2) is 11.6 Å². The number of likely N-dealkylation sites (N-methyl/N-ethyl adjacent to an activating group) is 1. The molecule has 0 aliphatic rings. The Hall–Kier alpha value is -1.85. The normalized spacial score (nSPS) is 11.9. The molecule has 1 heterocycles. The van der Waals surface area contributed by atoms with Crippen LogP contribution < -0.4 is 9.64 Å². The van der Waals surface area contributed by atoms with Gasteiger partial charge in [0, 0.05) is 7.05 Å². The van der Waals surface area contributed by atoms with E-state index < -0.39 is 12.0 Å². The molecule has 6 nitrogen and oxygen atoms in total. The third kappa shape index (κ3) is 2.34. The Morgan fingerprint density at radius 2 is 2.33 bits per heavy atom. The van der Waals surface area contributed by atoms with Crippen molar-refractivity contribution in [2.75, 3.05) is 19.1 Å². The van der Waals surface area contributed by atoms with Gasteiger partial charge in [-0.25, -0.2) is 14.8 Å². The van der Waals surface area contributed by atoms with Crippen LogP contribution in [0.4, 0.5) is 5.82 Å². The highest BCUT2D eigenvalue weighted by atomic mass is 16.5. The van der Waals surface area contributed by atoms with Crippen LogP contribution in [0.25, 0.3) is 0 Å². The van der Waals surface area contributed by atoms with Crippen molar-refractivity contribution in [3.8, 4) is 5.75 Å². The second-order valence-corrected chi connectivity index (χ2v) is 3.04. The molecule has 0 spiro atoms. The van der Waals surface area contributed by atoms with Crippen molar-refractivity contribution in [3.05, 3.63) is 12.5 Å². The summed E-state index contributed by atoms with van der Waals surface area (Å²) in [5.74, 6) is -0.00587. The zero-order chi connectivity index (χ0) is 11.4. The molecule has 1 aromatic heterocycles. The summed E-state index contributed by atoms with van der Waals surface area (Å²) < 4.78 is 5.04. The predicted octanol–water partition coefficient (Wildman–Crippen LogP) is 0.394. The minimum Gasteiger partial charge on any atom is -0.491 e. The molecule has 1 atom stereocenters. The van der Waals surface area contributed by atoms with E-state index in [0.29, 0.717) is 11.6 Å². The van der Waals surface area contributed by atoms with Crippen LogP contribution in [0.2, 0.25) is 0 Å². The van der Waals surface area contributed by atoms with Crippen LogP contribution in [0.3, 0.4) is 0 Å². The molecule has 6 heteroatoms. The third-order valence-electron chi connectivity index (χ3n) is 2.15. The number of rotatable bonds is 4. The summed E-state index contributed by atoms with van der Waals surface area (Å²) in [7, 11) is 3.13. The smallest absolute Gasteiger partial charge is 0.326 e. The minimum atomic E-state index is -0.918. The SMILES string of the molecule is COc1cncnc1N(C)C(C)C(=O)O. The molecule has 0 saturated carbocycles. The van der Waals surface area contributed by atoms with Gasteiger partial charge < -0.3 is 14.7 Å². The summed E-state index contributed by atoms with van der Waals surface area (Å²) in [4.78, 5) is 20.1. The minimum absolute atomic E-state index is 0.452. The number of aliphatic carboxylic acids is 1. The van der Waals surface area contributed by atoms with Gasteiger partial charge in [-0.1, -0.05) is 0 Å². The topological polar surface area (TPSA) is 75.6 Å². The van der Waals surface area contributed by atoms with Crippen LogP contribution in [0.5, 0.6) is 5.75 Å². The van der Waals surface area contributed by atoms with Crippen molar-refractivity contribution in [1.29, 1.82) is 0 Å². The van der Waals surface area contributed by atoms with Crippen LogP contribution >= 0.6 is 0 Å². The molecule has 15 heavy (non-hydrogen) atoms. The summed E-state index contributed by atoms with van der Waals surface area (Å²) in [6, 6.07) is -0.672. The second kappa shape index (κ2) is 4.59. The molecule has 0 bridgehead atoms. The molecule has 0 amide bonds. The molecule has 0 aromatic carbocycles. The zero-order valence-corrected chi connectivity index (χ0v) is 8.84. The first-order valence-electron chi connectivity index (χ1n) is 4.37. The Morgan fingerprint density at radius 1 is 1.67 bits per heavy atom. The Kier molecular flexibility index (Phi) is 3.43. The van der Waals surface area contributed by atoms with Gasteiger partial charge in [-0.15, -0.1) is 0 Å². The van der Waals surface area contributed by atoms with Gasteiger partial charge in [-0.2, -0.15) is 0 Å². The maximum absolute atomic E-state index is 10.8. The molecular formula is C9H13N3O3. The molecule has 82 valence electrons. The van der Waals surface area contributed by atoms with Crippen molar-refractivity contribution in [1.82, 2.24) is 9.97 Å². The largest absolute Gasteiger partial charge is 0.491 e. The lowest BCUT2D eigenvalue weighted by Gasteiger charge is -2.23. The van der Waals surface area contributed by atoms with Crippen LogP contribution in [0, 0.1) is 0 Å². The summed E-state index contributed by atoms with van der Waals surface area (Å²) in [5.41, 5.74) is 0. The lowest BCUT2D eigenvalue weighted by Crippen LogP contribution is -2.36. The number of carbonyl (C=O) groups is 1. The fourth-order valence-electron chi connectivity index (χ4n) is 1.07. The first-order valence-corrected chi connectivity index (χ1v) is 4.37. The molecule has 1 unspecified atom stereocenters. The standard InChI is InChI=1S/C9H13N3O3/c1-6(9(13)14)12(2)8-7(15-3)4-10-5-11-8/h4-6H,1-3H3,(H,13,14). The van der Waals surface area contributed by atoms with Crippen molar-refractivity contribution in [3.63, 3.8) is 0 Å². The van der Waals surface area contributed by atoms with Gasteiger partial charge in [0.25, 0.3) is 0 Å². The van der Waals surface area contributed by atoms with Crippen LogP contribution in [-0.4, -0.2) is 41.2 Å². The molecule has 0 aliphatic heterocycles. The highest BCUT2D eigenvalue weighted by molar-refractivity contribution is 5.77. The number of aromatic nitrogens is 2. The molecule has 1 rings (SSSR count). The van der Waals surface area contributed by atoms with E-state index in [0.717, 1.165) is 0 Å². The summed E-state index contributed by atoms with van der Waals surface area (Å²) in [6.07, 6.45) is 2.84. The number of anilines is 1. The molecule has 0 saturated heterocycles. The number of nitrogens with zero attached hydrogens (tertiary/aromatic N) is 3. The molecule has 0 radical (unpaired) electrons. The summed E-state index contributed by atoms with van der Waals surface area (Å²) in [6.45, 7) is 1.57. The number of hydrogen-bond donors (Lipinski definition) is 1. The van der Waals surface area contributed by atoms with Gasteiger partial charge in [0.05, 0.1) is 13.3 Å². The van der Waals surface area contributed by atoms with E-state index in [1.165, 1.54) is 24.5 Å². The van der Waals surface area contributed by atoms with E-state index in [4.69, 9.17) is 9.84 Å². The number of carboxylic acids is 1. The van der Waals surface area contributed by atoms with Gasteiger partial charge in [0.2, 0.25) is 0 Å².